The Morgan fingerprint density at radius 3 is 3.06 bits per heavy atom. The topological polar surface area (TPSA) is 60.2 Å². The lowest BCUT2D eigenvalue weighted by molar-refractivity contribution is 0.103. The first-order chi connectivity index (χ1) is 8.84. The predicted molar refractivity (Wildman–Crippen MR) is 66.0 cm³/mol. The van der Waals surface area contributed by atoms with Gasteiger partial charge in [-0.05, 0) is 38.6 Å². The lowest BCUT2D eigenvalue weighted by Gasteiger charge is -2.24. The van der Waals surface area contributed by atoms with E-state index in [0.29, 0.717) is 0 Å². The van der Waals surface area contributed by atoms with Gasteiger partial charge in [0.1, 0.15) is 6.10 Å². The molecule has 0 aliphatic carbocycles. The second kappa shape index (κ2) is 4.97. The van der Waals surface area contributed by atoms with Crippen molar-refractivity contribution in [3.8, 4) is 0 Å². The number of ether oxygens (including phenoxy) is 1. The number of aromatic nitrogens is 2. The van der Waals surface area contributed by atoms with E-state index >= 15 is 0 Å². The predicted octanol–water partition coefficient (Wildman–Crippen LogP) is 2.30. The van der Waals surface area contributed by atoms with Gasteiger partial charge in [-0.3, -0.25) is 0 Å². The molecule has 100 valence electrons. The minimum absolute atomic E-state index is 0.0441. The largest absolute Gasteiger partial charge is 0.370 e. The Balaban J connectivity index is 1.82. The van der Waals surface area contributed by atoms with Crippen molar-refractivity contribution in [3.63, 3.8) is 0 Å². The Morgan fingerprint density at radius 1 is 1.44 bits per heavy atom. The highest BCUT2D eigenvalue weighted by Crippen LogP contribution is 2.35. The molecule has 5 heteroatoms. The van der Waals surface area contributed by atoms with Crippen LogP contribution in [0, 0.1) is 0 Å². The molecule has 2 saturated heterocycles. The van der Waals surface area contributed by atoms with Crippen molar-refractivity contribution in [2.24, 2.45) is 0 Å². The highest BCUT2D eigenvalue weighted by Gasteiger charge is 2.40. The number of rotatable bonds is 4. The van der Waals surface area contributed by atoms with E-state index in [4.69, 9.17) is 9.26 Å². The molecule has 1 aromatic rings. The van der Waals surface area contributed by atoms with Gasteiger partial charge >= 0.3 is 0 Å². The lowest BCUT2D eigenvalue weighted by Crippen LogP contribution is -2.37. The van der Waals surface area contributed by atoms with Gasteiger partial charge in [-0.15, -0.1) is 0 Å². The van der Waals surface area contributed by atoms with Gasteiger partial charge in [0.15, 0.2) is 0 Å². The zero-order valence-electron chi connectivity index (χ0n) is 10.9. The molecule has 5 nitrogen and oxygen atoms in total. The molecule has 0 radical (unpaired) electrons. The summed E-state index contributed by atoms with van der Waals surface area (Å²) in [5, 5.41) is 7.67. The highest BCUT2D eigenvalue weighted by molar-refractivity contribution is 5.07. The fraction of sp³-hybridized carbons (Fsp3) is 0.846. The average molecular weight is 251 g/mol. The normalized spacial score (nSPS) is 32.2. The number of hydrogen-bond acceptors (Lipinski definition) is 5. The van der Waals surface area contributed by atoms with Crippen LogP contribution in [0.3, 0.4) is 0 Å². The Morgan fingerprint density at radius 2 is 2.39 bits per heavy atom. The summed E-state index contributed by atoms with van der Waals surface area (Å²) in [5.41, 5.74) is -0.0847. The second-order valence-electron chi connectivity index (χ2n) is 5.32. The third-order valence-electron chi connectivity index (χ3n) is 3.99. The number of nitrogens with zero attached hydrogens (tertiary/aromatic N) is 2. The van der Waals surface area contributed by atoms with Crippen LogP contribution in [-0.2, 0) is 10.3 Å². The van der Waals surface area contributed by atoms with E-state index in [1.165, 1.54) is 6.42 Å². The van der Waals surface area contributed by atoms with Crippen LogP contribution in [0.25, 0.3) is 0 Å². The fourth-order valence-corrected chi connectivity index (χ4v) is 3.08. The minimum atomic E-state index is -0.0847. The summed E-state index contributed by atoms with van der Waals surface area (Å²) in [5.74, 6) is 1.49. The van der Waals surface area contributed by atoms with E-state index < -0.39 is 0 Å². The van der Waals surface area contributed by atoms with Crippen LogP contribution in [0.1, 0.15) is 63.3 Å². The van der Waals surface area contributed by atoms with Crippen molar-refractivity contribution < 1.29 is 9.26 Å². The first kappa shape index (κ1) is 12.1. The maximum atomic E-state index is 5.60. The standard InChI is InChI=1S/C13H21N3O2/c1-2-6-13(7-4-8-14-13)12-15-11(16-18-12)10-5-3-9-17-10/h10,14H,2-9H2,1H3. The Labute approximate surface area is 107 Å². The molecular formula is C13H21N3O2. The fourth-order valence-electron chi connectivity index (χ4n) is 3.08. The molecule has 1 N–H and O–H groups in total. The quantitative estimate of drug-likeness (QED) is 0.889. The van der Waals surface area contributed by atoms with Crippen LogP contribution in [0.2, 0.25) is 0 Å². The zero-order valence-corrected chi connectivity index (χ0v) is 10.9. The molecule has 2 fully saturated rings. The zero-order chi connectivity index (χ0) is 12.4. The van der Waals surface area contributed by atoms with Crippen molar-refractivity contribution in [2.45, 2.75) is 57.1 Å². The van der Waals surface area contributed by atoms with Gasteiger partial charge < -0.3 is 14.6 Å². The van der Waals surface area contributed by atoms with E-state index in [1.807, 2.05) is 0 Å². The first-order valence-corrected chi connectivity index (χ1v) is 7.05. The molecule has 2 aliphatic heterocycles. The van der Waals surface area contributed by atoms with E-state index in [-0.39, 0.29) is 11.6 Å². The summed E-state index contributed by atoms with van der Waals surface area (Å²) in [6, 6.07) is 0. The second-order valence-corrected chi connectivity index (χ2v) is 5.32. The Kier molecular flexibility index (Phi) is 3.35. The van der Waals surface area contributed by atoms with Gasteiger partial charge in [-0.1, -0.05) is 18.5 Å². The molecule has 1 aromatic heterocycles. The molecular weight excluding hydrogens is 230 g/mol. The molecule has 3 heterocycles. The summed E-state index contributed by atoms with van der Waals surface area (Å²) >= 11 is 0. The van der Waals surface area contributed by atoms with E-state index in [0.717, 1.165) is 57.0 Å². The monoisotopic (exact) mass is 251 g/mol. The summed E-state index contributed by atoms with van der Waals surface area (Å²) < 4.78 is 11.1. The molecule has 0 saturated carbocycles. The van der Waals surface area contributed by atoms with Crippen molar-refractivity contribution >= 4 is 0 Å². The van der Waals surface area contributed by atoms with Crippen LogP contribution in [0.4, 0.5) is 0 Å². The molecule has 3 rings (SSSR count). The third-order valence-corrected chi connectivity index (χ3v) is 3.99. The average Bonchev–Trinajstić information content (AvgIpc) is 3.11. The van der Waals surface area contributed by atoms with Crippen molar-refractivity contribution in [1.29, 1.82) is 0 Å². The van der Waals surface area contributed by atoms with Crippen LogP contribution < -0.4 is 5.32 Å². The third kappa shape index (κ3) is 2.06. The summed E-state index contributed by atoms with van der Waals surface area (Å²) in [6.07, 6.45) is 6.58. The van der Waals surface area contributed by atoms with Gasteiger partial charge in [0, 0.05) is 6.61 Å². The SMILES string of the molecule is CCCC1(c2nc(C3CCCO3)no2)CCCN1. The van der Waals surface area contributed by atoms with Crippen LogP contribution in [-0.4, -0.2) is 23.3 Å². The molecule has 0 amide bonds. The Hall–Kier alpha value is -0.940. The van der Waals surface area contributed by atoms with E-state index in [2.05, 4.69) is 22.4 Å². The number of nitrogens with one attached hydrogen (secondary N) is 1. The van der Waals surface area contributed by atoms with Crippen molar-refractivity contribution in [2.75, 3.05) is 13.2 Å². The van der Waals surface area contributed by atoms with Crippen molar-refractivity contribution in [3.05, 3.63) is 11.7 Å². The van der Waals surface area contributed by atoms with Gasteiger partial charge in [0.05, 0.1) is 5.54 Å². The highest BCUT2D eigenvalue weighted by atomic mass is 16.5. The van der Waals surface area contributed by atoms with Gasteiger partial charge in [-0.25, -0.2) is 0 Å². The smallest absolute Gasteiger partial charge is 0.247 e. The molecule has 2 atom stereocenters. The molecule has 18 heavy (non-hydrogen) atoms. The van der Waals surface area contributed by atoms with Gasteiger partial charge in [-0.2, -0.15) is 4.98 Å². The molecule has 0 aromatic carbocycles. The minimum Gasteiger partial charge on any atom is -0.370 e. The lowest BCUT2D eigenvalue weighted by atomic mass is 9.92. The maximum Gasteiger partial charge on any atom is 0.247 e. The molecule has 2 unspecified atom stereocenters. The first-order valence-electron chi connectivity index (χ1n) is 7.05. The molecule has 0 spiro atoms. The van der Waals surface area contributed by atoms with Gasteiger partial charge in [0.25, 0.3) is 0 Å². The summed E-state index contributed by atoms with van der Waals surface area (Å²) in [4.78, 5) is 4.60. The summed E-state index contributed by atoms with van der Waals surface area (Å²) in [6.45, 7) is 4.05. The maximum absolute atomic E-state index is 5.60. The van der Waals surface area contributed by atoms with E-state index in [9.17, 15) is 0 Å². The molecule has 2 aliphatic rings. The van der Waals surface area contributed by atoms with Crippen LogP contribution in [0.15, 0.2) is 4.52 Å². The van der Waals surface area contributed by atoms with Crippen LogP contribution >= 0.6 is 0 Å². The van der Waals surface area contributed by atoms with Crippen LogP contribution in [0.5, 0.6) is 0 Å². The number of hydrogen-bond donors (Lipinski definition) is 1. The van der Waals surface area contributed by atoms with Gasteiger partial charge in [0.2, 0.25) is 11.7 Å². The summed E-state index contributed by atoms with van der Waals surface area (Å²) in [7, 11) is 0. The Bertz CT molecular complexity index is 393. The molecule has 0 bridgehead atoms. The van der Waals surface area contributed by atoms with Crippen molar-refractivity contribution in [1.82, 2.24) is 15.5 Å². The van der Waals surface area contributed by atoms with E-state index in [1.54, 1.807) is 0 Å².